The molecule has 19 heavy (non-hydrogen) atoms. The Labute approximate surface area is 118 Å². The molecule has 0 aromatic heterocycles. The van der Waals surface area contributed by atoms with Gasteiger partial charge in [0.05, 0.1) is 5.75 Å². The van der Waals surface area contributed by atoms with Crippen molar-refractivity contribution >= 4 is 23.6 Å². The largest absolute Gasteiger partial charge is 0.342 e. The van der Waals surface area contributed by atoms with Crippen LogP contribution in [0.15, 0.2) is 0 Å². The SMILES string of the molecule is CC(CN)CSCC(=O)N1CCC(C(=O)NN)CC1. The first-order chi connectivity index (χ1) is 9.08. The molecule has 5 N–H and O–H groups in total. The Morgan fingerprint density at radius 2 is 2.05 bits per heavy atom. The normalized spacial score (nSPS) is 18.2. The first-order valence-corrected chi connectivity index (χ1v) is 7.80. The number of piperidine rings is 1. The summed E-state index contributed by atoms with van der Waals surface area (Å²) in [6.07, 6.45) is 1.39. The van der Waals surface area contributed by atoms with Crippen LogP contribution in [0.5, 0.6) is 0 Å². The second-order valence-corrected chi connectivity index (χ2v) is 6.05. The Balaban J connectivity index is 2.23. The van der Waals surface area contributed by atoms with Crippen molar-refractivity contribution in [2.75, 3.05) is 31.1 Å². The lowest BCUT2D eigenvalue weighted by atomic mass is 9.96. The number of thioether (sulfide) groups is 1. The number of hydrazine groups is 1. The summed E-state index contributed by atoms with van der Waals surface area (Å²) in [6.45, 7) is 4.02. The van der Waals surface area contributed by atoms with E-state index in [9.17, 15) is 9.59 Å². The fraction of sp³-hybridized carbons (Fsp3) is 0.833. The Morgan fingerprint density at radius 1 is 1.42 bits per heavy atom. The summed E-state index contributed by atoms with van der Waals surface area (Å²) >= 11 is 1.63. The third-order valence-electron chi connectivity index (χ3n) is 3.39. The minimum absolute atomic E-state index is 0.0565. The highest BCUT2D eigenvalue weighted by atomic mass is 32.2. The van der Waals surface area contributed by atoms with E-state index >= 15 is 0 Å². The maximum atomic E-state index is 12.0. The van der Waals surface area contributed by atoms with Gasteiger partial charge >= 0.3 is 0 Å². The van der Waals surface area contributed by atoms with Gasteiger partial charge in [-0.2, -0.15) is 11.8 Å². The van der Waals surface area contributed by atoms with E-state index in [4.69, 9.17) is 11.6 Å². The maximum absolute atomic E-state index is 12.0. The van der Waals surface area contributed by atoms with Gasteiger partial charge in [0.1, 0.15) is 0 Å². The third-order valence-corrected chi connectivity index (χ3v) is 4.65. The molecule has 1 aliphatic rings. The molecule has 110 valence electrons. The van der Waals surface area contributed by atoms with Gasteiger partial charge in [0.25, 0.3) is 0 Å². The Bertz CT molecular complexity index is 306. The average molecular weight is 288 g/mol. The molecular weight excluding hydrogens is 264 g/mol. The fourth-order valence-electron chi connectivity index (χ4n) is 2.02. The van der Waals surface area contributed by atoms with Gasteiger partial charge in [-0.25, -0.2) is 5.84 Å². The molecule has 1 rings (SSSR count). The molecule has 1 saturated heterocycles. The van der Waals surface area contributed by atoms with E-state index in [0.717, 1.165) is 5.75 Å². The highest BCUT2D eigenvalue weighted by Gasteiger charge is 2.26. The Morgan fingerprint density at radius 3 is 2.58 bits per heavy atom. The number of hydrogen-bond acceptors (Lipinski definition) is 5. The number of nitrogens with zero attached hydrogens (tertiary/aromatic N) is 1. The first-order valence-electron chi connectivity index (χ1n) is 6.64. The van der Waals surface area contributed by atoms with Crippen LogP contribution in [-0.4, -0.2) is 47.9 Å². The maximum Gasteiger partial charge on any atom is 0.237 e. The highest BCUT2D eigenvalue weighted by Crippen LogP contribution is 2.18. The van der Waals surface area contributed by atoms with E-state index in [1.54, 1.807) is 11.8 Å². The van der Waals surface area contributed by atoms with Crippen molar-refractivity contribution in [3.8, 4) is 0 Å². The lowest BCUT2D eigenvalue weighted by molar-refractivity contribution is -0.133. The summed E-state index contributed by atoms with van der Waals surface area (Å²) in [5.41, 5.74) is 7.71. The van der Waals surface area contributed by atoms with Crippen LogP contribution in [0.2, 0.25) is 0 Å². The summed E-state index contributed by atoms with van der Waals surface area (Å²) in [5, 5.41) is 0. The van der Waals surface area contributed by atoms with Crippen LogP contribution in [-0.2, 0) is 9.59 Å². The molecule has 0 saturated carbocycles. The standard InChI is InChI=1S/C12H24N4O2S/c1-9(6-13)7-19-8-11(17)16-4-2-10(3-5-16)12(18)15-14/h9-10H,2-8,13-14H2,1H3,(H,15,18). The lowest BCUT2D eigenvalue weighted by Gasteiger charge is -2.31. The monoisotopic (exact) mass is 288 g/mol. The van der Waals surface area contributed by atoms with E-state index < -0.39 is 0 Å². The summed E-state index contributed by atoms with van der Waals surface area (Å²) in [6, 6.07) is 0. The van der Waals surface area contributed by atoms with Crippen LogP contribution >= 0.6 is 11.8 Å². The number of rotatable bonds is 6. The highest BCUT2D eigenvalue weighted by molar-refractivity contribution is 7.99. The molecule has 0 aliphatic carbocycles. The number of amides is 2. The Hall–Kier alpha value is -0.790. The van der Waals surface area contributed by atoms with Crippen LogP contribution < -0.4 is 17.0 Å². The number of carbonyl (C=O) groups is 2. The van der Waals surface area contributed by atoms with Crippen molar-refractivity contribution in [3.05, 3.63) is 0 Å². The molecule has 7 heteroatoms. The predicted molar refractivity (Wildman–Crippen MR) is 77.2 cm³/mol. The van der Waals surface area contributed by atoms with Crippen molar-refractivity contribution in [1.29, 1.82) is 0 Å². The molecule has 1 heterocycles. The van der Waals surface area contributed by atoms with Crippen LogP contribution in [0.4, 0.5) is 0 Å². The summed E-state index contributed by atoms with van der Waals surface area (Å²) < 4.78 is 0. The van der Waals surface area contributed by atoms with Crippen LogP contribution in [0.25, 0.3) is 0 Å². The quantitative estimate of drug-likeness (QED) is 0.349. The van der Waals surface area contributed by atoms with Gasteiger partial charge in [-0.05, 0) is 31.1 Å². The van der Waals surface area contributed by atoms with Gasteiger partial charge in [0.15, 0.2) is 0 Å². The summed E-state index contributed by atoms with van der Waals surface area (Å²) in [5.74, 6) is 6.93. The van der Waals surface area contributed by atoms with Crippen molar-refractivity contribution in [3.63, 3.8) is 0 Å². The second kappa shape index (κ2) is 8.39. The van der Waals surface area contributed by atoms with Gasteiger partial charge in [-0.15, -0.1) is 0 Å². The molecule has 1 aliphatic heterocycles. The van der Waals surface area contributed by atoms with E-state index in [-0.39, 0.29) is 17.7 Å². The molecule has 2 amide bonds. The van der Waals surface area contributed by atoms with Crippen molar-refractivity contribution < 1.29 is 9.59 Å². The second-order valence-electron chi connectivity index (χ2n) is 5.02. The van der Waals surface area contributed by atoms with Crippen LogP contribution in [0.1, 0.15) is 19.8 Å². The van der Waals surface area contributed by atoms with E-state index in [1.807, 2.05) is 4.90 Å². The fourth-order valence-corrected chi connectivity index (χ4v) is 3.03. The van der Waals surface area contributed by atoms with Gasteiger partial charge in [0.2, 0.25) is 11.8 Å². The number of hydrogen-bond donors (Lipinski definition) is 3. The molecule has 0 aromatic carbocycles. The van der Waals surface area contributed by atoms with Gasteiger partial charge < -0.3 is 10.6 Å². The molecular formula is C12H24N4O2S. The van der Waals surface area contributed by atoms with Crippen LogP contribution in [0, 0.1) is 11.8 Å². The van der Waals surface area contributed by atoms with Crippen molar-refractivity contribution in [2.45, 2.75) is 19.8 Å². The molecule has 0 radical (unpaired) electrons. The average Bonchev–Trinajstić information content (AvgIpc) is 2.46. The number of nitrogens with two attached hydrogens (primary N) is 2. The smallest absolute Gasteiger partial charge is 0.237 e. The van der Waals surface area contributed by atoms with E-state index in [0.29, 0.717) is 44.1 Å². The molecule has 1 fully saturated rings. The van der Waals surface area contributed by atoms with Crippen molar-refractivity contribution in [2.24, 2.45) is 23.4 Å². The first kappa shape index (κ1) is 16.3. The zero-order chi connectivity index (χ0) is 14.3. The minimum Gasteiger partial charge on any atom is -0.342 e. The minimum atomic E-state index is -0.127. The topological polar surface area (TPSA) is 101 Å². The van der Waals surface area contributed by atoms with Crippen molar-refractivity contribution in [1.82, 2.24) is 10.3 Å². The predicted octanol–water partition coefficient (Wildman–Crippen LogP) is -0.457. The van der Waals surface area contributed by atoms with Crippen LogP contribution in [0.3, 0.4) is 0 Å². The molecule has 1 unspecified atom stereocenters. The Kier molecular flexibility index (Phi) is 7.19. The molecule has 0 spiro atoms. The summed E-state index contributed by atoms with van der Waals surface area (Å²) in [7, 11) is 0. The zero-order valence-electron chi connectivity index (χ0n) is 11.4. The lowest BCUT2D eigenvalue weighted by Crippen LogP contribution is -2.45. The van der Waals surface area contributed by atoms with Gasteiger partial charge in [-0.1, -0.05) is 6.92 Å². The number of likely N-dealkylation sites (tertiary alicyclic amines) is 1. The number of carbonyl (C=O) groups excluding carboxylic acids is 2. The summed E-state index contributed by atoms with van der Waals surface area (Å²) in [4.78, 5) is 25.2. The molecule has 6 nitrogen and oxygen atoms in total. The van der Waals surface area contributed by atoms with E-state index in [2.05, 4.69) is 12.3 Å². The third kappa shape index (κ3) is 5.38. The van der Waals surface area contributed by atoms with Gasteiger partial charge in [-0.3, -0.25) is 15.0 Å². The molecule has 0 bridgehead atoms. The zero-order valence-corrected chi connectivity index (χ0v) is 12.2. The molecule has 0 aromatic rings. The number of nitrogens with one attached hydrogen (secondary N) is 1. The van der Waals surface area contributed by atoms with Gasteiger partial charge in [0, 0.05) is 19.0 Å². The van der Waals surface area contributed by atoms with E-state index in [1.165, 1.54) is 0 Å². The molecule has 1 atom stereocenters.